The summed E-state index contributed by atoms with van der Waals surface area (Å²) in [4.78, 5) is 21.9. The van der Waals surface area contributed by atoms with Gasteiger partial charge in [-0.1, -0.05) is 18.3 Å². The molecule has 12 heteroatoms. The number of hydrogen-bond acceptors (Lipinski definition) is 9. The van der Waals surface area contributed by atoms with E-state index in [2.05, 4.69) is 21.1 Å². The van der Waals surface area contributed by atoms with Crippen molar-refractivity contribution in [3.8, 4) is 17.3 Å². The Morgan fingerprint density at radius 3 is 2.67 bits per heavy atom. The number of aromatic nitrogens is 3. The second-order valence-corrected chi connectivity index (χ2v) is 10.8. The Morgan fingerprint density at radius 1 is 1.27 bits per heavy atom. The molecule has 0 bridgehead atoms. The minimum Gasteiger partial charge on any atom is -0.465 e. The number of thiazole rings is 1. The van der Waals surface area contributed by atoms with E-state index >= 15 is 4.39 Å². The first-order valence-corrected chi connectivity index (χ1v) is 14.2. The molecule has 212 valence electrons. The molecule has 0 spiro atoms. The van der Waals surface area contributed by atoms with E-state index in [1.807, 2.05) is 11.8 Å². The third kappa shape index (κ3) is 5.59. The Bertz CT molecular complexity index is 1500. The first kappa shape index (κ1) is 24.4. The van der Waals surface area contributed by atoms with Gasteiger partial charge in [0.05, 0.1) is 36.8 Å². The third-order valence-corrected chi connectivity index (χ3v) is 8.33. The van der Waals surface area contributed by atoms with E-state index in [-0.39, 0.29) is 41.2 Å². The van der Waals surface area contributed by atoms with Crippen molar-refractivity contribution in [3.63, 3.8) is 0 Å². The molecule has 2 aromatic heterocycles. The van der Waals surface area contributed by atoms with Crippen molar-refractivity contribution in [1.82, 2.24) is 24.6 Å². The number of rotatable bonds is 8. The molecule has 2 unspecified atom stereocenters. The van der Waals surface area contributed by atoms with Gasteiger partial charge in [-0.25, -0.2) is 13.8 Å². The van der Waals surface area contributed by atoms with Gasteiger partial charge in [0, 0.05) is 55.3 Å². The third-order valence-electron chi connectivity index (χ3n) is 7.39. The van der Waals surface area contributed by atoms with Gasteiger partial charge in [0.2, 0.25) is 0 Å². The Balaban J connectivity index is 1.47. The number of nitriles is 1. The lowest BCUT2D eigenvalue weighted by molar-refractivity contribution is -0.145. The van der Waals surface area contributed by atoms with Crippen molar-refractivity contribution >= 4 is 28.1 Å². The van der Waals surface area contributed by atoms with Crippen LogP contribution in [-0.4, -0.2) is 89.1 Å². The average Bonchev–Trinajstić information content (AvgIpc) is 3.54. The number of carbonyl (C=O) groups is 1. The topological polar surface area (TPSA) is 90.5 Å². The smallest absolute Gasteiger partial charge is 0.320 e. The van der Waals surface area contributed by atoms with E-state index in [1.165, 1.54) is 24.3 Å². The number of halogens is 2. The van der Waals surface area contributed by atoms with Crippen LogP contribution in [0.5, 0.6) is 0 Å². The molecule has 2 aliphatic heterocycles. The molecule has 40 heavy (non-hydrogen) atoms. The first-order valence-electron chi connectivity index (χ1n) is 14.9. The van der Waals surface area contributed by atoms with Gasteiger partial charge in [-0.05, 0) is 37.6 Å². The number of piperazine rings is 1. The van der Waals surface area contributed by atoms with Gasteiger partial charge in [0.25, 0.3) is 0 Å². The number of esters is 1. The van der Waals surface area contributed by atoms with Crippen LogP contribution in [0, 0.1) is 17.1 Å². The second-order valence-electron chi connectivity index (χ2n) is 9.81. The molecule has 2 aliphatic rings. The van der Waals surface area contributed by atoms with Crippen LogP contribution in [0.4, 0.5) is 19.6 Å². The zero-order chi connectivity index (χ0) is 30.9. The van der Waals surface area contributed by atoms with E-state index in [4.69, 9.17) is 8.85 Å². The maximum absolute atomic E-state index is 15.7. The van der Waals surface area contributed by atoms with Gasteiger partial charge >= 0.3 is 5.97 Å². The molecule has 0 aliphatic carbocycles. The molecule has 5 rings (SSSR count). The highest BCUT2D eigenvalue weighted by Gasteiger charge is 2.38. The number of hydrogen-bond donors (Lipinski definition) is 0. The maximum atomic E-state index is 15.7. The summed E-state index contributed by atoms with van der Waals surface area (Å²) in [5.74, 6) is -0.728. The first-order chi connectivity index (χ1) is 20.5. The molecular weight excluding hydrogens is 536 g/mol. The number of alkyl halides is 1. The molecule has 1 aromatic carbocycles. The van der Waals surface area contributed by atoms with Crippen molar-refractivity contribution in [2.75, 3.05) is 51.2 Å². The fourth-order valence-electron chi connectivity index (χ4n) is 5.38. The number of carbonyl (C=O) groups excluding carboxylic acids is 1. The minimum absolute atomic E-state index is 0.0208. The number of nitrogens with zero attached hydrogens (tertiary/aromatic N) is 7. The highest BCUT2D eigenvalue weighted by atomic mass is 32.1. The van der Waals surface area contributed by atoms with Crippen LogP contribution in [-0.2, 0) is 28.9 Å². The molecule has 0 N–H and O–H groups in total. The van der Waals surface area contributed by atoms with Crippen molar-refractivity contribution in [1.29, 1.82) is 5.26 Å². The summed E-state index contributed by atoms with van der Waals surface area (Å²) in [7, 11) is 0. The number of aryl methyl sites for hydroxylation is 1. The summed E-state index contributed by atoms with van der Waals surface area (Å²) in [5, 5.41) is 14.5. The second kappa shape index (κ2) is 12.0. The molecule has 0 amide bonds. The van der Waals surface area contributed by atoms with E-state index in [1.54, 1.807) is 11.6 Å². The zero-order valence-corrected chi connectivity index (χ0v) is 23.3. The van der Waals surface area contributed by atoms with Gasteiger partial charge in [-0.3, -0.25) is 19.3 Å². The van der Waals surface area contributed by atoms with Crippen LogP contribution < -0.4 is 4.90 Å². The van der Waals surface area contributed by atoms with E-state index < -0.39 is 25.0 Å². The molecule has 0 saturated carbocycles. The molecule has 2 atom stereocenters. The lowest BCUT2D eigenvalue weighted by Gasteiger charge is -2.42. The fourth-order valence-corrected chi connectivity index (χ4v) is 6.19. The van der Waals surface area contributed by atoms with Crippen LogP contribution in [0.15, 0.2) is 24.3 Å². The lowest BCUT2D eigenvalue weighted by Crippen LogP contribution is -2.56. The number of fused-ring (bicyclic) bond motifs is 1. The SMILES string of the molecule is [2H]C([2H])([2H])N(c1nc(-c2ccc(F)cc2)c(C#N)s1)c1c(CC)nn2c1CC(N1CCN(CC(=O)OCC)CC1)C(F)C2. The normalized spacial score (nSPS) is 21.1. The highest BCUT2D eigenvalue weighted by Crippen LogP contribution is 2.40. The standard InChI is InChI=1S/C28H33F2N7O2S/c1-4-21-27(34(3)28-32-26(24(15-31)40-28)18-6-8-19(29)9-7-18)23-14-22(20(30)16-37(23)33-21)36-12-10-35(11-13-36)17-25(38)39-5-2/h6-9,20,22H,4-5,10-14,16-17H2,1-3H3/i3D3. The number of ether oxygens (including phenoxy) is 1. The summed E-state index contributed by atoms with van der Waals surface area (Å²) in [5.41, 5.74) is 2.19. The largest absolute Gasteiger partial charge is 0.465 e. The van der Waals surface area contributed by atoms with Crippen molar-refractivity contribution in [2.45, 2.75) is 45.4 Å². The fraction of sp³-hybridized carbons (Fsp3) is 0.500. The molecule has 4 heterocycles. The monoisotopic (exact) mass is 572 g/mol. The van der Waals surface area contributed by atoms with E-state index in [0.717, 1.165) is 16.2 Å². The van der Waals surface area contributed by atoms with Gasteiger partial charge in [-0.2, -0.15) is 10.4 Å². The van der Waals surface area contributed by atoms with Crippen molar-refractivity contribution in [2.24, 2.45) is 0 Å². The van der Waals surface area contributed by atoms with Crippen molar-refractivity contribution < 1.29 is 22.4 Å². The summed E-state index contributed by atoms with van der Waals surface area (Å²) >= 11 is 0.935. The summed E-state index contributed by atoms with van der Waals surface area (Å²) in [6, 6.07) is 7.08. The molecule has 0 radical (unpaired) electrons. The quantitative estimate of drug-likeness (QED) is 0.377. The van der Waals surface area contributed by atoms with Gasteiger partial charge in [0.15, 0.2) is 5.13 Å². The van der Waals surface area contributed by atoms with Crippen LogP contribution in [0.25, 0.3) is 11.3 Å². The maximum Gasteiger partial charge on any atom is 0.320 e. The van der Waals surface area contributed by atoms with Crippen molar-refractivity contribution in [3.05, 3.63) is 46.3 Å². The molecular formula is C28H33F2N7O2S. The Kier molecular flexibility index (Phi) is 7.32. The Morgan fingerprint density at radius 2 is 2.02 bits per heavy atom. The van der Waals surface area contributed by atoms with E-state index in [9.17, 15) is 14.4 Å². The zero-order valence-electron chi connectivity index (χ0n) is 25.4. The predicted octanol–water partition coefficient (Wildman–Crippen LogP) is 3.79. The van der Waals surface area contributed by atoms with E-state index in [0.29, 0.717) is 61.8 Å². The van der Waals surface area contributed by atoms with Gasteiger partial charge < -0.3 is 9.64 Å². The highest BCUT2D eigenvalue weighted by molar-refractivity contribution is 7.16. The molecule has 9 nitrogen and oxygen atoms in total. The Labute approximate surface area is 240 Å². The average molecular weight is 573 g/mol. The number of anilines is 2. The molecule has 3 aromatic rings. The molecule has 1 fully saturated rings. The van der Waals surface area contributed by atoms with Crippen LogP contribution in [0.1, 0.15) is 34.2 Å². The molecule has 1 saturated heterocycles. The minimum atomic E-state index is -2.69. The number of benzene rings is 1. The van der Waals surface area contributed by atoms with Crippen LogP contribution in [0.2, 0.25) is 0 Å². The van der Waals surface area contributed by atoms with Gasteiger partial charge in [-0.15, -0.1) is 0 Å². The van der Waals surface area contributed by atoms with Gasteiger partial charge in [0.1, 0.15) is 28.6 Å². The summed E-state index contributed by atoms with van der Waals surface area (Å²) in [6.45, 7) is 3.68. The van der Waals surface area contributed by atoms with Crippen LogP contribution >= 0.6 is 11.3 Å². The summed E-state index contributed by atoms with van der Waals surface area (Å²) < 4.78 is 61.3. The van der Waals surface area contributed by atoms with Crippen LogP contribution in [0.3, 0.4) is 0 Å². The Hall–Kier alpha value is -3.40. The summed E-state index contributed by atoms with van der Waals surface area (Å²) in [6.07, 6.45) is -0.593. The predicted molar refractivity (Wildman–Crippen MR) is 149 cm³/mol. The lowest BCUT2D eigenvalue weighted by atomic mass is 9.98.